The van der Waals surface area contributed by atoms with Crippen molar-refractivity contribution in [2.24, 2.45) is 5.92 Å². The van der Waals surface area contributed by atoms with E-state index in [1.165, 1.54) is 0 Å². The van der Waals surface area contributed by atoms with E-state index in [0.717, 1.165) is 0 Å². The lowest BCUT2D eigenvalue weighted by molar-refractivity contribution is -0.104. The maximum absolute atomic E-state index is 11.8. The molecule has 1 aliphatic rings. The van der Waals surface area contributed by atoms with Gasteiger partial charge in [0.1, 0.15) is 12.2 Å². The summed E-state index contributed by atoms with van der Waals surface area (Å²) in [7, 11) is -1.95. The van der Waals surface area contributed by atoms with E-state index >= 15 is 0 Å². The van der Waals surface area contributed by atoms with Crippen molar-refractivity contribution in [3.63, 3.8) is 0 Å². The molecule has 1 saturated heterocycles. The molecule has 1 rings (SSSR count). The maximum atomic E-state index is 11.8. The van der Waals surface area contributed by atoms with E-state index in [0.29, 0.717) is 23.2 Å². The van der Waals surface area contributed by atoms with Gasteiger partial charge in [0.25, 0.3) is 0 Å². The number of cyclic esters (lactones) is 2. The Hall–Kier alpha value is 0.177. The fraction of sp³-hybridized carbons (Fsp3) is 0.941. The Labute approximate surface area is 156 Å². The summed E-state index contributed by atoms with van der Waals surface area (Å²) in [5.74, 6) is 0.137. The molecule has 4 nitrogen and oxygen atoms in total. The topological polar surface area (TPSA) is 44.8 Å². The van der Waals surface area contributed by atoms with Crippen LogP contribution >= 0.6 is 22.6 Å². The Morgan fingerprint density at radius 2 is 1.52 bits per heavy atom. The minimum absolute atomic E-state index is 0.112. The van der Waals surface area contributed by atoms with Gasteiger partial charge >= 0.3 is 6.16 Å². The largest absolute Gasteiger partial charge is 0.508 e. The molecular weight excluding hydrogens is 423 g/mol. The average molecular weight is 456 g/mol. The molecule has 0 aromatic heterocycles. The van der Waals surface area contributed by atoms with Crippen molar-refractivity contribution in [2.45, 2.75) is 88.1 Å². The summed E-state index contributed by atoms with van der Waals surface area (Å²) in [4.78, 5) is 11.8. The summed E-state index contributed by atoms with van der Waals surface area (Å²) in [5, 5.41) is 0. The SMILES string of the molecule is CC(C)[Si](OC[C@H]1OC(=O)O[C@H]([C@H](C)I)[C@H]1C)(C(C)C)C(C)C. The van der Waals surface area contributed by atoms with E-state index in [4.69, 9.17) is 13.9 Å². The van der Waals surface area contributed by atoms with Gasteiger partial charge in [-0.3, -0.25) is 0 Å². The highest BCUT2D eigenvalue weighted by Crippen LogP contribution is 2.42. The Morgan fingerprint density at radius 3 is 1.91 bits per heavy atom. The molecule has 0 aromatic rings. The molecule has 0 radical (unpaired) electrons. The van der Waals surface area contributed by atoms with Gasteiger partial charge in [-0.05, 0) is 23.5 Å². The second-order valence-corrected chi connectivity index (χ2v) is 15.1. The zero-order valence-corrected chi connectivity index (χ0v) is 18.9. The standard InChI is InChI=1S/C17H33IO4Si/c1-10(2)23(11(3)4,12(5)6)20-9-15-13(7)16(14(8)18)22-17(19)21-15/h10-16H,9H2,1-8H3/t13-,14-,15+,16-/m0/s1. The van der Waals surface area contributed by atoms with Crippen LogP contribution in [0.25, 0.3) is 0 Å². The number of rotatable bonds is 7. The van der Waals surface area contributed by atoms with Gasteiger partial charge in [0.2, 0.25) is 8.32 Å². The third-order valence-corrected chi connectivity index (χ3v) is 12.0. The van der Waals surface area contributed by atoms with Crippen molar-refractivity contribution in [1.82, 2.24) is 0 Å². The molecule has 1 heterocycles. The van der Waals surface area contributed by atoms with Gasteiger partial charge < -0.3 is 13.9 Å². The predicted molar refractivity (Wildman–Crippen MR) is 105 cm³/mol. The fourth-order valence-electron chi connectivity index (χ4n) is 4.11. The summed E-state index contributed by atoms with van der Waals surface area (Å²) in [6.07, 6.45) is -0.892. The lowest BCUT2D eigenvalue weighted by atomic mass is 9.95. The van der Waals surface area contributed by atoms with Gasteiger partial charge in [-0.15, -0.1) is 0 Å². The number of hydrogen-bond acceptors (Lipinski definition) is 4. The Morgan fingerprint density at radius 1 is 1.04 bits per heavy atom. The highest BCUT2D eigenvalue weighted by molar-refractivity contribution is 14.1. The van der Waals surface area contributed by atoms with E-state index in [2.05, 4.69) is 78.0 Å². The number of carbonyl (C=O) groups is 1. The average Bonchev–Trinajstić information content (AvgIpc) is 2.41. The van der Waals surface area contributed by atoms with Crippen molar-refractivity contribution >= 4 is 37.1 Å². The van der Waals surface area contributed by atoms with Crippen molar-refractivity contribution in [3.05, 3.63) is 0 Å². The van der Waals surface area contributed by atoms with Gasteiger partial charge in [-0.1, -0.05) is 71.1 Å². The summed E-state index contributed by atoms with van der Waals surface area (Å²) in [5.41, 5.74) is 1.56. The molecule has 0 amide bonds. The lowest BCUT2D eigenvalue weighted by Gasteiger charge is -2.44. The molecule has 0 aliphatic carbocycles. The number of ether oxygens (including phenoxy) is 2. The Kier molecular flexibility index (Phi) is 7.86. The molecule has 6 heteroatoms. The van der Waals surface area contributed by atoms with Crippen LogP contribution in [0.4, 0.5) is 4.79 Å². The van der Waals surface area contributed by atoms with E-state index < -0.39 is 14.5 Å². The first-order valence-electron chi connectivity index (χ1n) is 8.69. The quantitative estimate of drug-likeness (QED) is 0.218. The summed E-state index contributed by atoms with van der Waals surface area (Å²) in [6.45, 7) is 18.2. The molecule has 0 bridgehead atoms. The summed E-state index contributed by atoms with van der Waals surface area (Å²) >= 11 is 2.31. The predicted octanol–water partition coefficient (Wildman–Crippen LogP) is 5.54. The molecule has 23 heavy (non-hydrogen) atoms. The fourth-order valence-corrected chi connectivity index (χ4v) is 10.4. The molecule has 0 aromatic carbocycles. The minimum Gasteiger partial charge on any atom is -0.429 e. The van der Waals surface area contributed by atoms with Crippen molar-refractivity contribution < 1.29 is 18.7 Å². The number of hydrogen-bond donors (Lipinski definition) is 0. The maximum Gasteiger partial charge on any atom is 0.508 e. The van der Waals surface area contributed by atoms with Crippen LogP contribution in [0.3, 0.4) is 0 Å². The van der Waals surface area contributed by atoms with Crippen LogP contribution in [0.15, 0.2) is 0 Å². The molecule has 0 saturated carbocycles. The van der Waals surface area contributed by atoms with Crippen molar-refractivity contribution in [1.29, 1.82) is 0 Å². The summed E-state index contributed by atoms with van der Waals surface area (Å²) in [6, 6.07) is 0. The van der Waals surface area contributed by atoms with Crippen LogP contribution in [0, 0.1) is 5.92 Å². The number of alkyl halides is 1. The minimum atomic E-state index is -1.95. The third kappa shape index (κ3) is 4.63. The zero-order chi connectivity index (χ0) is 17.9. The first kappa shape index (κ1) is 21.2. The smallest absolute Gasteiger partial charge is 0.429 e. The molecule has 0 N–H and O–H groups in total. The van der Waals surface area contributed by atoms with E-state index in [1.807, 2.05) is 0 Å². The molecule has 4 atom stereocenters. The van der Waals surface area contributed by atoms with Gasteiger partial charge in [-0.25, -0.2) is 4.79 Å². The van der Waals surface area contributed by atoms with Gasteiger partial charge in [-0.2, -0.15) is 0 Å². The second kappa shape index (κ2) is 8.51. The Bertz CT molecular complexity index is 376. The van der Waals surface area contributed by atoms with Crippen LogP contribution in [0.5, 0.6) is 0 Å². The zero-order valence-electron chi connectivity index (χ0n) is 15.8. The van der Waals surface area contributed by atoms with Crippen LogP contribution in [-0.2, 0) is 13.9 Å². The molecule has 136 valence electrons. The highest BCUT2D eigenvalue weighted by Gasteiger charge is 2.47. The first-order valence-corrected chi connectivity index (χ1v) is 12.1. The second-order valence-electron chi connectivity index (χ2n) is 7.65. The molecule has 1 fully saturated rings. The van der Waals surface area contributed by atoms with E-state index in [9.17, 15) is 4.79 Å². The van der Waals surface area contributed by atoms with Crippen molar-refractivity contribution in [3.8, 4) is 0 Å². The first-order chi connectivity index (χ1) is 10.5. The third-order valence-electron chi connectivity index (χ3n) is 5.24. The van der Waals surface area contributed by atoms with Crippen LogP contribution < -0.4 is 0 Å². The highest BCUT2D eigenvalue weighted by atomic mass is 127. The van der Waals surface area contributed by atoms with Crippen molar-refractivity contribution in [2.75, 3.05) is 6.61 Å². The molecule has 0 spiro atoms. The number of halogens is 1. The normalized spacial score (nSPS) is 27.3. The van der Waals surface area contributed by atoms with Gasteiger partial charge in [0.05, 0.1) is 6.61 Å². The van der Waals surface area contributed by atoms with E-state index in [-0.39, 0.29) is 22.1 Å². The van der Waals surface area contributed by atoms with Crippen LogP contribution in [-0.4, -0.2) is 37.2 Å². The van der Waals surface area contributed by atoms with Crippen LogP contribution in [0.2, 0.25) is 16.6 Å². The number of carbonyl (C=O) groups excluding carboxylic acids is 1. The van der Waals surface area contributed by atoms with Gasteiger partial charge in [0.15, 0.2) is 0 Å². The van der Waals surface area contributed by atoms with Gasteiger partial charge in [0, 0.05) is 9.84 Å². The molecule has 0 unspecified atom stereocenters. The lowest BCUT2D eigenvalue weighted by Crippen LogP contribution is -2.53. The Balaban J connectivity index is 2.90. The molecule has 1 aliphatic heterocycles. The van der Waals surface area contributed by atoms with Crippen LogP contribution in [0.1, 0.15) is 55.4 Å². The monoisotopic (exact) mass is 456 g/mol. The summed E-state index contributed by atoms with van der Waals surface area (Å²) < 4.78 is 17.7. The molecular formula is C17H33IO4Si. The van der Waals surface area contributed by atoms with E-state index in [1.54, 1.807) is 0 Å².